The minimum atomic E-state index is -5.62. The molecule has 43 heavy (non-hydrogen) atoms. The summed E-state index contributed by atoms with van der Waals surface area (Å²) < 4.78 is 115. The maximum atomic E-state index is 13.7. The summed E-state index contributed by atoms with van der Waals surface area (Å²) in [6.07, 6.45) is -8.14. The number of urea groups is 1. The fraction of sp³-hybridized carbons (Fsp3) is 0.692. The molecule has 0 N–H and O–H groups in total. The van der Waals surface area contributed by atoms with Gasteiger partial charge in [-0.15, -0.1) is 0 Å². The van der Waals surface area contributed by atoms with Gasteiger partial charge in [-0.3, -0.25) is 19.1 Å². The van der Waals surface area contributed by atoms with Crippen molar-refractivity contribution in [1.82, 2.24) is 4.90 Å². The lowest BCUT2D eigenvalue weighted by atomic mass is 10.0. The van der Waals surface area contributed by atoms with Crippen LogP contribution in [0.25, 0.3) is 0 Å². The molecular formula is C26H33F8N3O5S. The highest BCUT2D eigenvalue weighted by atomic mass is 32.2. The number of amides is 3. The molecule has 17 heteroatoms. The summed E-state index contributed by atoms with van der Waals surface area (Å²) in [5.74, 6) is -5.74. The zero-order valence-corrected chi connectivity index (χ0v) is 24.3. The number of carbonyl (C=O) groups is 2. The number of anilines is 1. The van der Waals surface area contributed by atoms with Gasteiger partial charge in [-0.05, 0) is 39.2 Å². The molecule has 0 aliphatic carbocycles. The zero-order valence-electron chi connectivity index (χ0n) is 23.5. The Bertz CT molecular complexity index is 1190. The number of benzene rings is 1. The number of imide groups is 1. The summed E-state index contributed by atoms with van der Waals surface area (Å²) in [4.78, 5) is 37.7. The summed E-state index contributed by atoms with van der Waals surface area (Å²) in [5.41, 5.74) is -4.57. The number of alkyl halides is 8. The topological polar surface area (TPSA) is 101 Å². The van der Waals surface area contributed by atoms with Crippen LogP contribution >= 0.6 is 0 Å². The van der Waals surface area contributed by atoms with E-state index in [1.807, 2.05) is 0 Å². The molecule has 1 saturated heterocycles. The number of rotatable bonds is 16. The molecule has 3 amide bonds. The standard InChI is InChI=1S/C26H33F8N3O5S/c1-23(2)21(38)36(20-12-11-18(37(40)41)17-19(20)25(29,30)31)22(39)35(23)14-8-6-4-3-5-7-9-15-43(42)16-10-13-24(27,28)26(32,33)34/h11-12,17H,3-10,13-16H2,1-2H3. The molecule has 0 saturated carbocycles. The molecule has 1 aliphatic rings. The molecule has 1 unspecified atom stereocenters. The van der Waals surface area contributed by atoms with Gasteiger partial charge in [0.05, 0.1) is 16.2 Å². The summed E-state index contributed by atoms with van der Waals surface area (Å²) >= 11 is 0. The van der Waals surface area contributed by atoms with E-state index < -0.39 is 81.3 Å². The van der Waals surface area contributed by atoms with E-state index in [0.717, 1.165) is 36.3 Å². The number of non-ortho nitro benzene ring substituents is 1. The van der Waals surface area contributed by atoms with Crippen LogP contribution in [-0.4, -0.2) is 61.7 Å². The third kappa shape index (κ3) is 9.32. The molecule has 0 radical (unpaired) electrons. The second-order valence-corrected chi connectivity index (χ2v) is 12.4. The van der Waals surface area contributed by atoms with Gasteiger partial charge >= 0.3 is 24.3 Å². The van der Waals surface area contributed by atoms with Crippen molar-refractivity contribution in [1.29, 1.82) is 0 Å². The first-order valence-electron chi connectivity index (χ1n) is 13.5. The summed E-state index contributed by atoms with van der Waals surface area (Å²) in [6.45, 7) is 2.88. The van der Waals surface area contributed by atoms with E-state index in [1.165, 1.54) is 13.8 Å². The van der Waals surface area contributed by atoms with E-state index in [1.54, 1.807) is 0 Å². The quantitative estimate of drug-likeness (QED) is 0.0602. The Morgan fingerprint density at radius 2 is 1.40 bits per heavy atom. The van der Waals surface area contributed by atoms with Gasteiger partial charge in [0.1, 0.15) is 5.54 Å². The Morgan fingerprint density at radius 1 is 0.860 bits per heavy atom. The maximum absolute atomic E-state index is 13.7. The van der Waals surface area contributed by atoms with Crippen LogP contribution in [0.4, 0.5) is 51.3 Å². The molecule has 2 rings (SSSR count). The van der Waals surface area contributed by atoms with Gasteiger partial charge < -0.3 is 4.90 Å². The fourth-order valence-electron chi connectivity index (χ4n) is 4.60. The first-order chi connectivity index (χ1) is 19.7. The van der Waals surface area contributed by atoms with Gasteiger partial charge in [0.25, 0.3) is 11.6 Å². The number of nitro groups is 1. The Labute approximate surface area is 245 Å². The molecule has 1 aromatic carbocycles. The highest BCUT2D eigenvalue weighted by Gasteiger charge is 2.56. The van der Waals surface area contributed by atoms with Crippen LogP contribution in [0.1, 0.15) is 77.2 Å². The first kappa shape index (κ1) is 36.3. The average molecular weight is 652 g/mol. The first-order valence-corrected chi connectivity index (χ1v) is 15.0. The van der Waals surface area contributed by atoms with Crippen LogP contribution < -0.4 is 4.90 Å². The van der Waals surface area contributed by atoms with Crippen LogP contribution in [0.3, 0.4) is 0 Å². The molecular weight excluding hydrogens is 618 g/mol. The lowest BCUT2D eigenvalue weighted by Gasteiger charge is -2.27. The van der Waals surface area contributed by atoms with Gasteiger partial charge in [0.2, 0.25) is 0 Å². The molecule has 1 heterocycles. The van der Waals surface area contributed by atoms with Crippen molar-refractivity contribution in [2.45, 2.75) is 95.4 Å². The number of carbonyl (C=O) groups excluding carboxylic acids is 2. The smallest absolute Gasteiger partial charge is 0.310 e. The number of hydrogen-bond acceptors (Lipinski definition) is 5. The minimum absolute atomic E-state index is 0.0781. The molecule has 1 atom stereocenters. The Hall–Kier alpha value is -2.85. The normalized spacial score (nSPS) is 16.7. The van der Waals surface area contributed by atoms with Gasteiger partial charge in [-0.1, -0.05) is 32.1 Å². The van der Waals surface area contributed by atoms with Gasteiger partial charge in [0.15, 0.2) is 0 Å². The monoisotopic (exact) mass is 651 g/mol. The van der Waals surface area contributed by atoms with E-state index in [4.69, 9.17) is 0 Å². The van der Waals surface area contributed by atoms with E-state index >= 15 is 0 Å². The van der Waals surface area contributed by atoms with Gasteiger partial charge in [-0.2, -0.15) is 35.1 Å². The molecule has 244 valence electrons. The maximum Gasteiger partial charge on any atom is 0.453 e. The summed E-state index contributed by atoms with van der Waals surface area (Å²) in [5, 5.41) is 11.0. The van der Waals surface area contributed by atoms with Crippen LogP contribution in [-0.2, 0) is 21.8 Å². The summed E-state index contributed by atoms with van der Waals surface area (Å²) in [6, 6.07) is 0.837. The highest BCUT2D eigenvalue weighted by molar-refractivity contribution is 7.84. The number of unbranched alkanes of at least 4 members (excludes halogenated alkanes) is 6. The van der Waals surface area contributed by atoms with Crippen molar-refractivity contribution < 1.29 is 53.8 Å². The molecule has 1 fully saturated rings. The third-order valence-corrected chi connectivity index (χ3v) is 8.58. The van der Waals surface area contributed by atoms with Crippen molar-refractivity contribution >= 4 is 34.1 Å². The van der Waals surface area contributed by atoms with Crippen molar-refractivity contribution in [3.05, 3.63) is 33.9 Å². The van der Waals surface area contributed by atoms with Crippen LogP contribution in [0.15, 0.2) is 18.2 Å². The number of hydrogen-bond donors (Lipinski definition) is 0. The van der Waals surface area contributed by atoms with Crippen molar-refractivity contribution in [3.63, 3.8) is 0 Å². The second-order valence-electron chi connectivity index (χ2n) is 10.7. The Morgan fingerprint density at radius 3 is 1.93 bits per heavy atom. The molecule has 8 nitrogen and oxygen atoms in total. The van der Waals surface area contributed by atoms with Crippen molar-refractivity contribution in [3.8, 4) is 0 Å². The highest BCUT2D eigenvalue weighted by Crippen LogP contribution is 2.42. The predicted molar refractivity (Wildman–Crippen MR) is 142 cm³/mol. The van der Waals surface area contributed by atoms with E-state index in [2.05, 4.69) is 0 Å². The summed E-state index contributed by atoms with van der Waals surface area (Å²) in [7, 11) is -1.50. The fourth-order valence-corrected chi connectivity index (χ4v) is 5.80. The van der Waals surface area contributed by atoms with Crippen LogP contribution in [0.5, 0.6) is 0 Å². The largest absolute Gasteiger partial charge is 0.453 e. The Balaban J connectivity index is 1.78. The van der Waals surface area contributed by atoms with Gasteiger partial charge in [-0.25, -0.2) is 9.69 Å². The molecule has 0 bridgehead atoms. The van der Waals surface area contributed by atoms with Crippen LogP contribution in [0.2, 0.25) is 0 Å². The van der Waals surface area contributed by atoms with Gasteiger partial charge in [0, 0.05) is 47.4 Å². The number of halogens is 8. The molecule has 1 aromatic rings. The predicted octanol–water partition coefficient (Wildman–Crippen LogP) is 7.62. The Kier molecular flexibility index (Phi) is 12.1. The lowest BCUT2D eigenvalue weighted by Crippen LogP contribution is -2.44. The number of nitro benzene ring substituents is 1. The molecule has 0 spiro atoms. The average Bonchev–Trinajstić information content (AvgIpc) is 3.04. The van der Waals surface area contributed by atoms with Crippen LogP contribution in [0, 0.1) is 10.1 Å². The zero-order chi connectivity index (χ0) is 32.8. The van der Waals surface area contributed by atoms with E-state index in [9.17, 15) is 59.0 Å². The lowest BCUT2D eigenvalue weighted by molar-refractivity contribution is -0.385. The van der Waals surface area contributed by atoms with E-state index in [0.29, 0.717) is 30.6 Å². The minimum Gasteiger partial charge on any atom is -0.310 e. The van der Waals surface area contributed by atoms with E-state index in [-0.39, 0.29) is 24.1 Å². The number of nitrogens with zero attached hydrogens (tertiary/aromatic N) is 3. The second kappa shape index (κ2) is 14.3. The molecule has 1 aliphatic heterocycles. The SMILES string of the molecule is CC1(C)C(=O)N(c2ccc([N+](=O)[O-])cc2C(F)(F)F)C(=O)N1CCCCCCCCCS(=O)CCCC(F)(F)C(F)(F)F. The third-order valence-electron chi connectivity index (χ3n) is 7.09. The molecule has 0 aromatic heterocycles. The van der Waals surface area contributed by atoms with Crippen molar-refractivity contribution in [2.24, 2.45) is 0 Å². The van der Waals surface area contributed by atoms with Crippen molar-refractivity contribution in [2.75, 3.05) is 23.0 Å².